The number of guanidine groups is 1. The molecule has 1 atom stereocenters. The van der Waals surface area contributed by atoms with Crippen molar-refractivity contribution >= 4 is 41.3 Å². The van der Waals surface area contributed by atoms with Crippen molar-refractivity contribution in [2.45, 2.75) is 32.6 Å². The molecular weight excluding hydrogens is 419 g/mol. The zero-order valence-electron chi connectivity index (χ0n) is 14.5. The number of nitrogens with one attached hydrogen (secondary N) is 2. The zero-order chi connectivity index (χ0) is 15.8. The summed E-state index contributed by atoms with van der Waals surface area (Å²) in [5.74, 6) is 2.22. The van der Waals surface area contributed by atoms with Crippen LogP contribution in [0.4, 0.5) is 0 Å². The van der Waals surface area contributed by atoms with Gasteiger partial charge in [-0.1, -0.05) is 13.0 Å². The summed E-state index contributed by atoms with van der Waals surface area (Å²) in [5, 5.41) is 9.03. The predicted octanol–water partition coefficient (Wildman–Crippen LogP) is 3.37. The van der Waals surface area contributed by atoms with Crippen molar-refractivity contribution in [2.75, 3.05) is 39.8 Å². The molecule has 1 aromatic rings. The standard InChI is InChI=1S/C17H30N4S.HI/c1-4-18-17(19-12-14(2)16-6-5-11-22-16)20-13-15-7-9-21(3)10-8-15;/h5-6,11,14-15H,4,7-10,12-13H2,1-3H3,(H2,18,19,20);1H. The Morgan fingerprint density at radius 2 is 2.13 bits per heavy atom. The van der Waals surface area contributed by atoms with Gasteiger partial charge in [0.1, 0.15) is 0 Å². The second-order valence-electron chi connectivity index (χ2n) is 6.26. The Balaban J connectivity index is 0.00000264. The highest BCUT2D eigenvalue weighted by atomic mass is 127. The molecule has 6 heteroatoms. The fourth-order valence-corrected chi connectivity index (χ4v) is 3.52. The normalized spacial score (nSPS) is 18.3. The maximum Gasteiger partial charge on any atom is 0.191 e. The van der Waals surface area contributed by atoms with Crippen molar-refractivity contribution in [1.82, 2.24) is 15.5 Å². The number of hydrogen-bond donors (Lipinski definition) is 2. The van der Waals surface area contributed by atoms with Crippen LogP contribution in [-0.4, -0.2) is 50.6 Å². The predicted molar refractivity (Wildman–Crippen MR) is 112 cm³/mol. The monoisotopic (exact) mass is 450 g/mol. The maximum atomic E-state index is 4.76. The molecule has 132 valence electrons. The van der Waals surface area contributed by atoms with Gasteiger partial charge < -0.3 is 15.5 Å². The number of rotatable bonds is 6. The van der Waals surface area contributed by atoms with Gasteiger partial charge in [0.05, 0.1) is 6.54 Å². The molecule has 0 saturated carbocycles. The lowest BCUT2D eigenvalue weighted by atomic mass is 9.97. The molecule has 1 aliphatic rings. The first-order valence-corrected chi connectivity index (χ1v) is 9.31. The summed E-state index contributed by atoms with van der Waals surface area (Å²) < 4.78 is 0. The molecular formula is C17H31IN4S. The molecule has 1 aliphatic heterocycles. The van der Waals surface area contributed by atoms with E-state index in [1.54, 1.807) is 0 Å². The third kappa shape index (κ3) is 7.39. The van der Waals surface area contributed by atoms with Crippen molar-refractivity contribution in [3.05, 3.63) is 22.4 Å². The Labute approximate surface area is 162 Å². The van der Waals surface area contributed by atoms with Gasteiger partial charge >= 0.3 is 0 Å². The Morgan fingerprint density at radius 1 is 1.39 bits per heavy atom. The molecule has 0 amide bonds. The highest BCUT2D eigenvalue weighted by Gasteiger charge is 2.16. The van der Waals surface area contributed by atoms with Crippen LogP contribution < -0.4 is 10.6 Å². The first-order chi connectivity index (χ1) is 10.7. The van der Waals surface area contributed by atoms with Crippen LogP contribution in [0.2, 0.25) is 0 Å². The van der Waals surface area contributed by atoms with Crippen LogP contribution in [0.1, 0.15) is 37.5 Å². The molecule has 1 unspecified atom stereocenters. The molecule has 4 nitrogen and oxygen atoms in total. The topological polar surface area (TPSA) is 39.7 Å². The summed E-state index contributed by atoms with van der Waals surface area (Å²) >= 11 is 1.82. The lowest BCUT2D eigenvalue weighted by Crippen LogP contribution is -2.42. The Bertz CT molecular complexity index is 441. The van der Waals surface area contributed by atoms with Crippen molar-refractivity contribution in [3.63, 3.8) is 0 Å². The van der Waals surface area contributed by atoms with Gasteiger partial charge in [-0.05, 0) is 57.3 Å². The highest BCUT2D eigenvalue weighted by Crippen LogP contribution is 2.20. The Morgan fingerprint density at radius 3 is 2.74 bits per heavy atom. The van der Waals surface area contributed by atoms with Gasteiger partial charge in [-0.25, -0.2) is 0 Å². The van der Waals surface area contributed by atoms with E-state index in [1.165, 1.54) is 30.8 Å². The summed E-state index contributed by atoms with van der Waals surface area (Å²) in [4.78, 5) is 8.59. The molecule has 0 aromatic carbocycles. The minimum absolute atomic E-state index is 0. The second kappa shape index (κ2) is 11.3. The van der Waals surface area contributed by atoms with Crippen LogP contribution in [0.15, 0.2) is 22.5 Å². The van der Waals surface area contributed by atoms with E-state index in [-0.39, 0.29) is 24.0 Å². The highest BCUT2D eigenvalue weighted by molar-refractivity contribution is 14.0. The molecule has 23 heavy (non-hydrogen) atoms. The number of hydrogen-bond acceptors (Lipinski definition) is 3. The quantitative estimate of drug-likeness (QED) is 0.397. The second-order valence-corrected chi connectivity index (χ2v) is 7.24. The van der Waals surface area contributed by atoms with Crippen LogP contribution in [0.25, 0.3) is 0 Å². The summed E-state index contributed by atoms with van der Waals surface area (Å²) in [6.45, 7) is 9.58. The maximum absolute atomic E-state index is 4.76. The van der Waals surface area contributed by atoms with Crippen LogP contribution in [0.5, 0.6) is 0 Å². The van der Waals surface area contributed by atoms with Crippen molar-refractivity contribution < 1.29 is 0 Å². The third-order valence-electron chi connectivity index (χ3n) is 4.29. The van der Waals surface area contributed by atoms with E-state index in [1.807, 2.05) is 11.3 Å². The van der Waals surface area contributed by atoms with E-state index in [9.17, 15) is 0 Å². The number of halogens is 1. The smallest absolute Gasteiger partial charge is 0.191 e. The van der Waals surface area contributed by atoms with Crippen molar-refractivity contribution in [2.24, 2.45) is 10.9 Å². The first kappa shape index (κ1) is 20.7. The minimum Gasteiger partial charge on any atom is -0.357 e. The summed E-state index contributed by atoms with van der Waals surface area (Å²) in [7, 11) is 2.21. The van der Waals surface area contributed by atoms with Gasteiger partial charge in [0.25, 0.3) is 0 Å². The van der Waals surface area contributed by atoms with Gasteiger partial charge in [-0.3, -0.25) is 4.99 Å². The van der Waals surface area contributed by atoms with Gasteiger partial charge in [0.2, 0.25) is 0 Å². The van der Waals surface area contributed by atoms with E-state index in [4.69, 9.17) is 4.99 Å². The van der Waals surface area contributed by atoms with Crippen LogP contribution in [0, 0.1) is 5.92 Å². The van der Waals surface area contributed by atoms with E-state index in [0.717, 1.165) is 31.5 Å². The van der Waals surface area contributed by atoms with E-state index in [2.05, 4.69) is 53.9 Å². The number of likely N-dealkylation sites (tertiary alicyclic amines) is 1. The van der Waals surface area contributed by atoms with Gasteiger partial charge in [-0.2, -0.15) is 0 Å². The first-order valence-electron chi connectivity index (χ1n) is 8.43. The van der Waals surface area contributed by atoms with Crippen LogP contribution in [0.3, 0.4) is 0 Å². The molecule has 0 spiro atoms. The van der Waals surface area contributed by atoms with E-state index >= 15 is 0 Å². The average molecular weight is 450 g/mol. The molecule has 0 radical (unpaired) electrons. The zero-order valence-corrected chi connectivity index (χ0v) is 17.7. The minimum atomic E-state index is 0. The molecule has 2 N–H and O–H groups in total. The largest absolute Gasteiger partial charge is 0.357 e. The lowest BCUT2D eigenvalue weighted by molar-refractivity contribution is 0.220. The molecule has 2 heterocycles. The number of thiophene rings is 1. The van der Waals surface area contributed by atoms with Crippen molar-refractivity contribution in [3.8, 4) is 0 Å². The number of nitrogens with zero attached hydrogens (tertiary/aromatic N) is 2. The van der Waals surface area contributed by atoms with Gasteiger partial charge in [0, 0.05) is 23.9 Å². The van der Waals surface area contributed by atoms with E-state index < -0.39 is 0 Å². The lowest BCUT2D eigenvalue weighted by Gasteiger charge is -2.29. The Kier molecular flexibility index (Phi) is 10.1. The summed E-state index contributed by atoms with van der Waals surface area (Å²) in [5.41, 5.74) is 0. The SMILES string of the molecule is CCNC(=NCC(C)c1cccs1)NCC1CCN(C)CC1.I. The molecule has 0 bridgehead atoms. The summed E-state index contributed by atoms with van der Waals surface area (Å²) in [6, 6.07) is 4.31. The average Bonchev–Trinajstić information content (AvgIpc) is 3.06. The fourth-order valence-electron chi connectivity index (χ4n) is 2.74. The van der Waals surface area contributed by atoms with Crippen molar-refractivity contribution in [1.29, 1.82) is 0 Å². The fraction of sp³-hybridized carbons (Fsp3) is 0.706. The van der Waals surface area contributed by atoms with Crippen LogP contribution in [-0.2, 0) is 0 Å². The van der Waals surface area contributed by atoms with Gasteiger partial charge in [0.15, 0.2) is 5.96 Å². The molecule has 1 aromatic heterocycles. The summed E-state index contributed by atoms with van der Waals surface area (Å²) in [6.07, 6.45) is 2.57. The third-order valence-corrected chi connectivity index (χ3v) is 5.40. The number of aliphatic imine (C=N–C) groups is 1. The van der Waals surface area contributed by atoms with Crippen LogP contribution >= 0.6 is 35.3 Å². The molecule has 1 saturated heterocycles. The molecule has 2 rings (SSSR count). The number of piperidine rings is 1. The van der Waals surface area contributed by atoms with E-state index in [0.29, 0.717) is 5.92 Å². The molecule has 1 fully saturated rings. The molecule has 0 aliphatic carbocycles. The van der Waals surface area contributed by atoms with Gasteiger partial charge in [-0.15, -0.1) is 35.3 Å². The Hall–Kier alpha value is -0.340.